The van der Waals surface area contributed by atoms with Crippen molar-refractivity contribution in [3.8, 4) is 0 Å². The van der Waals surface area contributed by atoms with Gasteiger partial charge in [-0.1, -0.05) is 18.2 Å². The smallest absolute Gasteiger partial charge is 0.152 e. The number of benzene rings is 1. The van der Waals surface area contributed by atoms with E-state index in [4.69, 9.17) is 0 Å². The molecule has 18 heavy (non-hydrogen) atoms. The molecule has 0 spiro atoms. The summed E-state index contributed by atoms with van der Waals surface area (Å²) in [6.07, 6.45) is 4.70. The average molecular weight is 238 g/mol. The van der Waals surface area contributed by atoms with Crippen LogP contribution >= 0.6 is 0 Å². The van der Waals surface area contributed by atoms with Crippen molar-refractivity contribution >= 4 is 12.0 Å². The van der Waals surface area contributed by atoms with Crippen molar-refractivity contribution < 1.29 is 4.79 Å². The summed E-state index contributed by atoms with van der Waals surface area (Å²) in [6.45, 7) is 0. The third-order valence-electron chi connectivity index (χ3n) is 3.38. The maximum atomic E-state index is 11.1. The number of nitrogens with one attached hydrogen (secondary N) is 1. The number of nitrogens with zero attached hydrogens (tertiary/aromatic N) is 1. The quantitative estimate of drug-likeness (QED) is 0.818. The van der Waals surface area contributed by atoms with Crippen molar-refractivity contribution in [2.24, 2.45) is 0 Å². The minimum absolute atomic E-state index is 0.194. The Kier molecular flexibility index (Phi) is 2.81. The SMILES string of the molecule is O=Cc1cccc2c1NC(c1ccccn1)CC2. The van der Waals surface area contributed by atoms with Gasteiger partial charge in [-0.2, -0.15) is 0 Å². The molecule has 3 rings (SSSR count). The summed E-state index contributed by atoms with van der Waals surface area (Å²) < 4.78 is 0. The van der Waals surface area contributed by atoms with E-state index >= 15 is 0 Å². The number of carbonyl (C=O) groups is 1. The van der Waals surface area contributed by atoms with Crippen molar-refractivity contribution in [3.05, 3.63) is 59.4 Å². The predicted molar refractivity (Wildman–Crippen MR) is 70.8 cm³/mol. The van der Waals surface area contributed by atoms with Crippen LogP contribution in [0.5, 0.6) is 0 Å². The molecule has 3 heteroatoms. The molecular weight excluding hydrogens is 224 g/mol. The van der Waals surface area contributed by atoms with Crippen LogP contribution in [-0.4, -0.2) is 11.3 Å². The lowest BCUT2D eigenvalue weighted by molar-refractivity contribution is 0.112. The first-order valence-corrected chi connectivity index (χ1v) is 6.13. The van der Waals surface area contributed by atoms with Crippen LogP contribution in [0.3, 0.4) is 0 Å². The lowest BCUT2D eigenvalue weighted by Crippen LogP contribution is -2.20. The van der Waals surface area contributed by atoms with Gasteiger partial charge in [-0.3, -0.25) is 9.78 Å². The molecule has 0 aliphatic carbocycles. The first kappa shape index (κ1) is 11.0. The Morgan fingerprint density at radius 2 is 2.17 bits per heavy atom. The number of aryl methyl sites for hydroxylation is 1. The van der Waals surface area contributed by atoms with E-state index in [-0.39, 0.29) is 6.04 Å². The zero-order valence-electron chi connectivity index (χ0n) is 9.97. The van der Waals surface area contributed by atoms with E-state index in [1.54, 1.807) is 6.20 Å². The fourth-order valence-corrected chi connectivity index (χ4v) is 2.45. The van der Waals surface area contributed by atoms with Crippen LogP contribution in [-0.2, 0) is 6.42 Å². The zero-order valence-corrected chi connectivity index (χ0v) is 9.97. The number of anilines is 1. The Labute approximate surface area is 106 Å². The van der Waals surface area contributed by atoms with Crippen LogP contribution in [0.15, 0.2) is 42.6 Å². The number of aromatic nitrogens is 1. The van der Waals surface area contributed by atoms with Gasteiger partial charge in [-0.05, 0) is 36.6 Å². The minimum Gasteiger partial charge on any atom is -0.376 e. The number of rotatable bonds is 2. The predicted octanol–water partition coefficient (Wildman–Crippen LogP) is 2.99. The van der Waals surface area contributed by atoms with Crippen molar-refractivity contribution in [1.29, 1.82) is 0 Å². The number of hydrogen-bond acceptors (Lipinski definition) is 3. The van der Waals surface area contributed by atoms with Crippen molar-refractivity contribution in [2.75, 3.05) is 5.32 Å². The van der Waals surface area contributed by atoms with E-state index < -0.39 is 0 Å². The molecule has 0 radical (unpaired) electrons. The van der Waals surface area contributed by atoms with Crippen LogP contribution in [0.2, 0.25) is 0 Å². The molecule has 0 saturated heterocycles. The summed E-state index contributed by atoms with van der Waals surface area (Å²) in [5.41, 5.74) is 3.94. The molecule has 3 nitrogen and oxygen atoms in total. The highest BCUT2D eigenvalue weighted by Crippen LogP contribution is 2.33. The maximum absolute atomic E-state index is 11.1. The maximum Gasteiger partial charge on any atom is 0.152 e. The lowest BCUT2D eigenvalue weighted by Gasteiger charge is -2.27. The summed E-state index contributed by atoms with van der Waals surface area (Å²) in [7, 11) is 0. The molecule has 0 amide bonds. The third kappa shape index (κ3) is 1.88. The summed E-state index contributed by atoms with van der Waals surface area (Å²) in [5, 5.41) is 3.44. The number of aldehydes is 1. The zero-order chi connectivity index (χ0) is 12.4. The molecule has 2 aromatic rings. The van der Waals surface area contributed by atoms with Gasteiger partial charge in [-0.15, -0.1) is 0 Å². The molecule has 2 heterocycles. The van der Waals surface area contributed by atoms with Gasteiger partial charge in [0.15, 0.2) is 6.29 Å². The van der Waals surface area contributed by atoms with Crippen LogP contribution < -0.4 is 5.32 Å². The van der Waals surface area contributed by atoms with Crippen LogP contribution in [0, 0.1) is 0 Å². The molecule has 1 aliphatic heterocycles. The molecule has 0 bridgehead atoms. The molecule has 90 valence electrons. The molecule has 1 aromatic heterocycles. The number of hydrogen-bond donors (Lipinski definition) is 1. The molecular formula is C15H14N2O. The van der Waals surface area contributed by atoms with E-state index in [1.807, 2.05) is 30.3 Å². The minimum atomic E-state index is 0.194. The Morgan fingerprint density at radius 3 is 2.94 bits per heavy atom. The fourth-order valence-electron chi connectivity index (χ4n) is 2.45. The van der Waals surface area contributed by atoms with Crippen molar-refractivity contribution in [2.45, 2.75) is 18.9 Å². The summed E-state index contributed by atoms with van der Waals surface area (Å²) in [4.78, 5) is 15.4. The van der Waals surface area contributed by atoms with E-state index in [1.165, 1.54) is 5.56 Å². The van der Waals surface area contributed by atoms with E-state index in [0.717, 1.165) is 36.1 Å². The molecule has 1 aromatic carbocycles. The lowest BCUT2D eigenvalue weighted by atomic mass is 9.94. The second-order valence-electron chi connectivity index (χ2n) is 4.49. The van der Waals surface area contributed by atoms with Crippen LogP contribution in [0.4, 0.5) is 5.69 Å². The standard InChI is InChI=1S/C15H14N2O/c18-10-12-5-3-4-11-7-8-14(17-15(11)12)13-6-1-2-9-16-13/h1-6,9-10,14,17H,7-8H2. The summed E-state index contributed by atoms with van der Waals surface area (Å²) >= 11 is 0. The highest BCUT2D eigenvalue weighted by atomic mass is 16.1. The monoisotopic (exact) mass is 238 g/mol. The normalized spacial score (nSPS) is 17.7. The van der Waals surface area contributed by atoms with Gasteiger partial charge in [0.05, 0.1) is 11.7 Å². The van der Waals surface area contributed by atoms with Gasteiger partial charge in [0.2, 0.25) is 0 Å². The number of para-hydroxylation sites is 1. The van der Waals surface area contributed by atoms with E-state index in [9.17, 15) is 4.79 Å². The number of pyridine rings is 1. The third-order valence-corrected chi connectivity index (χ3v) is 3.38. The van der Waals surface area contributed by atoms with Gasteiger partial charge in [-0.25, -0.2) is 0 Å². The second kappa shape index (κ2) is 4.61. The first-order valence-electron chi connectivity index (χ1n) is 6.13. The Bertz CT molecular complexity index is 566. The molecule has 1 atom stereocenters. The Balaban J connectivity index is 1.95. The van der Waals surface area contributed by atoms with Gasteiger partial charge in [0, 0.05) is 17.4 Å². The van der Waals surface area contributed by atoms with Gasteiger partial charge < -0.3 is 5.32 Å². The highest BCUT2D eigenvalue weighted by Gasteiger charge is 2.21. The van der Waals surface area contributed by atoms with Crippen molar-refractivity contribution in [3.63, 3.8) is 0 Å². The average Bonchev–Trinajstić information content (AvgIpc) is 2.47. The van der Waals surface area contributed by atoms with E-state index in [0.29, 0.717) is 0 Å². The highest BCUT2D eigenvalue weighted by molar-refractivity contribution is 5.86. The largest absolute Gasteiger partial charge is 0.376 e. The fraction of sp³-hybridized carbons (Fsp3) is 0.200. The summed E-state index contributed by atoms with van der Waals surface area (Å²) in [6, 6.07) is 12.0. The summed E-state index contributed by atoms with van der Waals surface area (Å²) in [5.74, 6) is 0. The van der Waals surface area contributed by atoms with E-state index in [2.05, 4.69) is 16.4 Å². The molecule has 1 N–H and O–H groups in total. The Morgan fingerprint density at radius 1 is 1.22 bits per heavy atom. The number of carbonyl (C=O) groups excluding carboxylic acids is 1. The Hall–Kier alpha value is -2.16. The second-order valence-corrected chi connectivity index (χ2v) is 4.49. The van der Waals surface area contributed by atoms with Crippen LogP contribution in [0.25, 0.3) is 0 Å². The van der Waals surface area contributed by atoms with Crippen molar-refractivity contribution in [1.82, 2.24) is 4.98 Å². The first-order chi connectivity index (χ1) is 8.88. The molecule has 0 saturated carbocycles. The topological polar surface area (TPSA) is 42.0 Å². The van der Waals surface area contributed by atoms with Gasteiger partial charge in [0.1, 0.15) is 0 Å². The molecule has 0 fully saturated rings. The molecule has 1 aliphatic rings. The van der Waals surface area contributed by atoms with Gasteiger partial charge >= 0.3 is 0 Å². The van der Waals surface area contributed by atoms with Gasteiger partial charge in [0.25, 0.3) is 0 Å². The molecule has 1 unspecified atom stereocenters. The number of fused-ring (bicyclic) bond motifs is 1. The van der Waals surface area contributed by atoms with Crippen LogP contribution in [0.1, 0.15) is 34.1 Å².